The van der Waals surface area contributed by atoms with Crippen LogP contribution in [0.25, 0.3) is 0 Å². The summed E-state index contributed by atoms with van der Waals surface area (Å²) in [4.78, 5) is 4.20. The predicted molar refractivity (Wildman–Crippen MR) is 75.8 cm³/mol. The van der Waals surface area contributed by atoms with E-state index in [0.29, 0.717) is 24.3 Å². The second-order valence-electron chi connectivity index (χ2n) is 4.10. The van der Waals surface area contributed by atoms with Crippen LogP contribution in [-0.4, -0.2) is 18.1 Å². The van der Waals surface area contributed by atoms with E-state index in [2.05, 4.69) is 16.8 Å². The van der Waals surface area contributed by atoms with Crippen molar-refractivity contribution in [3.8, 4) is 17.6 Å². The minimum absolute atomic E-state index is 0.242. The van der Waals surface area contributed by atoms with Crippen molar-refractivity contribution in [3.05, 3.63) is 59.7 Å². The summed E-state index contributed by atoms with van der Waals surface area (Å²) in [6.45, 7) is 0.677. The van der Waals surface area contributed by atoms with Gasteiger partial charge in [0.15, 0.2) is 0 Å². The number of ether oxygens (including phenoxy) is 1. The van der Waals surface area contributed by atoms with Crippen molar-refractivity contribution >= 4 is 0 Å². The van der Waals surface area contributed by atoms with Crippen LogP contribution < -0.4 is 10.5 Å². The van der Waals surface area contributed by atoms with Gasteiger partial charge in [0, 0.05) is 29.9 Å². The average molecular weight is 270 g/mol. The first-order chi connectivity index (χ1) is 9.78. The zero-order valence-corrected chi connectivity index (χ0v) is 11.0. The lowest BCUT2D eigenvalue weighted by molar-refractivity contribution is 0.319. The molecule has 1 aromatic carbocycles. The molecule has 0 aliphatic rings. The molecular weight excluding hydrogens is 255 g/mol. The van der Waals surface area contributed by atoms with Gasteiger partial charge >= 0.3 is 0 Å². The SMILES string of the molecule is NCC#Cc1cc(F)cc(OCCc2ccccn2)c1. The smallest absolute Gasteiger partial charge is 0.128 e. The lowest BCUT2D eigenvalue weighted by Gasteiger charge is -2.06. The Bertz CT molecular complexity index is 617. The van der Waals surface area contributed by atoms with Gasteiger partial charge in [-0.3, -0.25) is 4.98 Å². The topological polar surface area (TPSA) is 48.1 Å². The standard InChI is InChI=1S/C16H15FN2O/c17-14-10-13(4-3-7-18)11-16(12-14)20-9-6-15-5-1-2-8-19-15/h1-2,5,8,10-12H,6-7,9,18H2. The van der Waals surface area contributed by atoms with Crippen molar-refractivity contribution in [3.63, 3.8) is 0 Å². The summed E-state index contributed by atoms with van der Waals surface area (Å²) in [5.74, 6) is 5.56. The van der Waals surface area contributed by atoms with E-state index in [4.69, 9.17) is 10.5 Å². The van der Waals surface area contributed by atoms with Gasteiger partial charge in [-0.1, -0.05) is 17.9 Å². The van der Waals surface area contributed by atoms with E-state index in [0.717, 1.165) is 5.69 Å². The Balaban J connectivity index is 1.97. The fourth-order valence-electron chi connectivity index (χ4n) is 1.69. The van der Waals surface area contributed by atoms with Gasteiger partial charge in [-0.05, 0) is 24.3 Å². The number of aromatic nitrogens is 1. The van der Waals surface area contributed by atoms with Crippen LogP contribution in [0.3, 0.4) is 0 Å². The van der Waals surface area contributed by atoms with Gasteiger partial charge in [-0.25, -0.2) is 4.39 Å². The second-order valence-corrected chi connectivity index (χ2v) is 4.10. The maximum atomic E-state index is 13.4. The lowest BCUT2D eigenvalue weighted by atomic mass is 10.2. The van der Waals surface area contributed by atoms with Crippen LogP contribution in [-0.2, 0) is 6.42 Å². The molecule has 0 atom stereocenters. The van der Waals surface area contributed by atoms with Gasteiger partial charge in [0.05, 0.1) is 13.2 Å². The predicted octanol–water partition coefficient (Wildman–Crippen LogP) is 2.15. The fraction of sp³-hybridized carbons (Fsp3) is 0.188. The molecule has 0 unspecified atom stereocenters. The lowest BCUT2D eigenvalue weighted by Crippen LogP contribution is -2.03. The molecule has 102 valence electrons. The van der Waals surface area contributed by atoms with Crippen molar-refractivity contribution in [2.75, 3.05) is 13.2 Å². The quantitative estimate of drug-likeness (QED) is 0.866. The van der Waals surface area contributed by atoms with Crippen molar-refractivity contribution in [2.45, 2.75) is 6.42 Å². The average Bonchev–Trinajstić information content (AvgIpc) is 2.46. The van der Waals surface area contributed by atoms with Gasteiger partial charge in [-0.15, -0.1) is 0 Å². The molecule has 3 nitrogen and oxygen atoms in total. The summed E-state index contributed by atoms with van der Waals surface area (Å²) in [6, 6.07) is 10.1. The monoisotopic (exact) mass is 270 g/mol. The molecule has 0 bridgehead atoms. The molecule has 0 spiro atoms. The van der Waals surface area contributed by atoms with Gasteiger partial charge in [0.1, 0.15) is 11.6 Å². The van der Waals surface area contributed by atoms with E-state index in [1.54, 1.807) is 12.3 Å². The van der Waals surface area contributed by atoms with Crippen molar-refractivity contribution in [2.24, 2.45) is 5.73 Å². The molecule has 0 saturated carbocycles. The Labute approximate surface area is 117 Å². The molecule has 2 rings (SSSR count). The summed E-state index contributed by atoms with van der Waals surface area (Å²) in [5.41, 5.74) is 6.79. The fourth-order valence-corrected chi connectivity index (χ4v) is 1.69. The van der Waals surface area contributed by atoms with Crippen LogP contribution in [0.1, 0.15) is 11.3 Å². The highest BCUT2D eigenvalue weighted by molar-refractivity contribution is 5.40. The summed E-state index contributed by atoms with van der Waals surface area (Å²) in [6.07, 6.45) is 2.40. The number of rotatable bonds is 4. The molecule has 0 saturated heterocycles. The van der Waals surface area contributed by atoms with Crippen LogP contribution in [0.4, 0.5) is 4.39 Å². The normalized spacial score (nSPS) is 9.70. The first-order valence-corrected chi connectivity index (χ1v) is 6.30. The number of pyridine rings is 1. The van der Waals surface area contributed by atoms with E-state index < -0.39 is 0 Å². The number of hydrogen-bond acceptors (Lipinski definition) is 3. The minimum atomic E-state index is -0.373. The molecule has 2 N–H and O–H groups in total. The Hall–Kier alpha value is -2.38. The van der Waals surface area contributed by atoms with Crippen LogP contribution in [0.2, 0.25) is 0 Å². The maximum Gasteiger partial charge on any atom is 0.128 e. The number of hydrogen-bond donors (Lipinski definition) is 1. The van der Waals surface area contributed by atoms with Crippen molar-refractivity contribution in [1.82, 2.24) is 4.98 Å². The Morgan fingerprint density at radius 1 is 1.25 bits per heavy atom. The molecule has 0 aliphatic heterocycles. The molecule has 0 fully saturated rings. The Kier molecular flexibility index (Phi) is 5.10. The molecule has 0 aliphatic carbocycles. The summed E-state index contributed by atoms with van der Waals surface area (Å²) >= 11 is 0. The van der Waals surface area contributed by atoms with E-state index in [1.807, 2.05) is 18.2 Å². The Morgan fingerprint density at radius 3 is 2.90 bits per heavy atom. The van der Waals surface area contributed by atoms with Gasteiger partial charge < -0.3 is 10.5 Å². The Morgan fingerprint density at radius 2 is 2.15 bits per heavy atom. The van der Waals surface area contributed by atoms with E-state index in [1.165, 1.54) is 12.1 Å². The highest BCUT2D eigenvalue weighted by Gasteiger charge is 2.01. The highest BCUT2D eigenvalue weighted by Crippen LogP contribution is 2.16. The van der Waals surface area contributed by atoms with Crippen LogP contribution >= 0.6 is 0 Å². The molecule has 4 heteroatoms. The molecule has 20 heavy (non-hydrogen) atoms. The second kappa shape index (κ2) is 7.27. The number of benzene rings is 1. The molecule has 0 radical (unpaired) electrons. The number of nitrogens with two attached hydrogens (primary N) is 1. The number of nitrogens with zero attached hydrogens (tertiary/aromatic N) is 1. The van der Waals surface area contributed by atoms with E-state index >= 15 is 0 Å². The van der Waals surface area contributed by atoms with Crippen LogP contribution in [0, 0.1) is 17.7 Å². The summed E-state index contributed by atoms with van der Waals surface area (Å²) < 4.78 is 18.9. The molecule has 0 amide bonds. The third-order valence-corrected chi connectivity index (χ3v) is 2.56. The maximum absolute atomic E-state index is 13.4. The van der Waals surface area contributed by atoms with Gasteiger partial charge in [0.2, 0.25) is 0 Å². The zero-order chi connectivity index (χ0) is 14.2. The molecule has 2 aromatic rings. The number of halogens is 1. The van der Waals surface area contributed by atoms with E-state index in [9.17, 15) is 4.39 Å². The van der Waals surface area contributed by atoms with Crippen LogP contribution in [0.15, 0.2) is 42.6 Å². The van der Waals surface area contributed by atoms with E-state index in [-0.39, 0.29) is 12.4 Å². The third-order valence-electron chi connectivity index (χ3n) is 2.56. The third kappa shape index (κ3) is 4.38. The van der Waals surface area contributed by atoms with Gasteiger partial charge in [-0.2, -0.15) is 0 Å². The minimum Gasteiger partial charge on any atom is -0.493 e. The summed E-state index contributed by atoms with van der Waals surface area (Å²) in [5, 5.41) is 0. The molecular formula is C16H15FN2O. The highest BCUT2D eigenvalue weighted by atomic mass is 19.1. The van der Waals surface area contributed by atoms with Crippen molar-refractivity contribution < 1.29 is 9.13 Å². The largest absolute Gasteiger partial charge is 0.493 e. The van der Waals surface area contributed by atoms with Crippen molar-refractivity contribution in [1.29, 1.82) is 0 Å². The zero-order valence-electron chi connectivity index (χ0n) is 11.0. The van der Waals surface area contributed by atoms with Gasteiger partial charge in [0.25, 0.3) is 0 Å². The first kappa shape index (κ1) is 14.0. The summed E-state index contributed by atoms with van der Waals surface area (Å²) in [7, 11) is 0. The van der Waals surface area contributed by atoms with Crippen LogP contribution in [0.5, 0.6) is 5.75 Å². The molecule has 1 aromatic heterocycles. The first-order valence-electron chi connectivity index (χ1n) is 6.30. The molecule has 1 heterocycles.